The quantitative estimate of drug-likeness (QED) is 0.135. The lowest BCUT2D eigenvalue weighted by Crippen LogP contribution is -2.61. The Bertz CT molecular complexity index is 2110. The van der Waals surface area contributed by atoms with E-state index < -0.39 is 75.6 Å². The maximum absolute atomic E-state index is 14.5. The molecule has 0 bridgehead atoms. The minimum absolute atomic E-state index is 0.187. The molecule has 6 rings (SSSR count). The first kappa shape index (κ1) is 45.3. The van der Waals surface area contributed by atoms with Crippen LogP contribution in [0, 0.1) is 16.6 Å². The second-order valence-electron chi connectivity index (χ2n) is 18.9. The van der Waals surface area contributed by atoms with Crippen LogP contribution in [0.15, 0.2) is 72.8 Å². The van der Waals surface area contributed by atoms with Gasteiger partial charge in [-0.2, -0.15) is 0 Å². The van der Waals surface area contributed by atoms with Gasteiger partial charge in [0.05, 0.1) is 12.1 Å². The molecule has 3 fully saturated rings. The molecule has 0 spiro atoms. The van der Waals surface area contributed by atoms with E-state index in [-0.39, 0.29) is 38.0 Å². The smallest absolute Gasteiger partial charge is 0.405 e. The molecule has 332 valence electrons. The maximum atomic E-state index is 14.5. The molecule has 0 aliphatic carbocycles. The van der Waals surface area contributed by atoms with Gasteiger partial charge < -0.3 is 47.0 Å². The number of carboxylic acid groups (broad SMARTS) is 2. The Morgan fingerprint density at radius 3 is 1.39 bits per heavy atom. The molecule has 0 unspecified atom stereocenters. The van der Waals surface area contributed by atoms with E-state index in [0.717, 1.165) is 11.1 Å². The van der Waals surface area contributed by atoms with E-state index in [9.17, 15) is 43.4 Å². The first-order valence-electron chi connectivity index (χ1n) is 21.0. The van der Waals surface area contributed by atoms with Crippen LogP contribution in [0.2, 0.25) is 0 Å². The summed E-state index contributed by atoms with van der Waals surface area (Å²) in [5.74, 6) is -3.02. The number of nitrogens with two attached hydrogens (primary N) is 2. The van der Waals surface area contributed by atoms with Crippen molar-refractivity contribution in [3.8, 4) is 0 Å². The summed E-state index contributed by atoms with van der Waals surface area (Å²) in [6, 6.07) is 17.8. The topological polar surface area (TPSA) is 229 Å². The van der Waals surface area contributed by atoms with Crippen LogP contribution in [0.3, 0.4) is 0 Å². The number of primary amides is 2. The van der Waals surface area contributed by atoms with Gasteiger partial charge in [0, 0.05) is 18.8 Å². The Labute approximate surface area is 361 Å². The Morgan fingerprint density at radius 2 is 1.05 bits per heavy atom. The molecule has 3 heterocycles. The van der Waals surface area contributed by atoms with Gasteiger partial charge in [0.15, 0.2) is 0 Å². The first-order valence-corrected chi connectivity index (χ1v) is 21.0. The van der Waals surface area contributed by atoms with Crippen molar-refractivity contribution in [2.45, 2.75) is 115 Å². The Kier molecular flexibility index (Phi) is 12.4. The summed E-state index contributed by atoms with van der Waals surface area (Å²) < 4.78 is 14.5. The van der Waals surface area contributed by atoms with Crippen LogP contribution in [-0.4, -0.2) is 81.0 Å². The van der Waals surface area contributed by atoms with E-state index in [1.165, 1.54) is 21.9 Å². The van der Waals surface area contributed by atoms with Crippen LogP contribution in [0.5, 0.6) is 0 Å². The number of likely N-dealkylation sites (tertiary alicyclic amines) is 2. The minimum atomic E-state index is -1.57. The predicted molar refractivity (Wildman–Crippen MR) is 229 cm³/mol. The largest absolute Gasteiger partial charge is 0.465 e. The number of nitrogens with one attached hydrogen (secondary N) is 2. The number of anilines is 1. The molecule has 15 nitrogen and oxygen atoms in total. The summed E-state index contributed by atoms with van der Waals surface area (Å²) in [5.41, 5.74) is 10.9. The summed E-state index contributed by atoms with van der Waals surface area (Å²) >= 11 is 0. The molecule has 6 atom stereocenters. The summed E-state index contributed by atoms with van der Waals surface area (Å²) in [6.07, 6.45) is -0.183. The normalized spacial score (nSPS) is 23.8. The molecule has 0 aromatic heterocycles. The molecule has 0 saturated carbocycles. The zero-order valence-corrected chi connectivity index (χ0v) is 36.1. The Morgan fingerprint density at radius 1 is 0.661 bits per heavy atom. The van der Waals surface area contributed by atoms with E-state index in [4.69, 9.17) is 11.5 Å². The number of carbonyl (C=O) groups is 6. The van der Waals surface area contributed by atoms with Gasteiger partial charge in [-0.25, -0.2) is 14.0 Å². The molecular weight excluding hydrogens is 798 g/mol. The van der Waals surface area contributed by atoms with Crippen LogP contribution >= 0.6 is 0 Å². The van der Waals surface area contributed by atoms with Gasteiger partial charge in [-0.3, -0.25) is 19.2 Å². The molecule has 3 aromatic rings. The van der Waals surface area contributed by atoms with E-state index >= 15 is 0 Å². The van der Waals surface area contributed by atoms with Crippen molar-refractivity contribution in [1.29, 1.82) is 0 Å². The van der Waals surface area contributed by atoms with Crippen LogP contribution in [0.4, 0.5) is 19.7 Å². The van der Waals surface area contributed by atoms with Crippen molar-refractivity contribution in [1.82, 2.24) is 20.4 Å². The van der Waals surface area contributed by atoms with Gasteiger partial charge in [-0.1, -0.05) is 90.1 Å². The highest BCUT2D eigenvalue weighted by Gasteiger charge is 2.54. The molecule has 6 amide bonds. The predicted octanol–water partition coefficient (Wildman–Crippen LogP) is 5.88. The summed E-state index contributed by atoms with van der Waals surface area (Å²) in [6.45, 7) is 10.8. The molecular formula is C46H58FN7O8. The Hall–Kier alpha value is -6.19. The SMILES string of the molecule is CC(C)(C)[C@H](NC(=O)O)C(=O)N1CCC[C@@]1(C(N)=O)c1cccc([C@@H]2CC[C@@H](c3cccc([C@]4(C(N)=O)CCCN4C(=O)[C@@H](NC(=O)O)C(C)(C)C)c3)N2c2ccc(F)cc2)c1. The molecule has 3 aromatic carbocycles. The van der Waals surface area contributed by atoms with Gasteiger partial charge in [0.1, 0.15) is 29.0 Å². The second kappa shape index (κ2) is 16.9. The van der Waals surface area contributed by atoms with E-state index in [1.807, 2.05) is 24.3 Å². The summed E-state index contributed by atoms with van der Waals surface area (Å²) in [5, 5.41) is 24.0. The maximum Gasteiger partial charge on any atom is 0.405 e. The Balaban J connectivity index is 1.42. The molecule has 0 radical (unpaired) electrons. The number of halogens is 1. The first-order chi connectivity index (χ1) is 29.0. The lowest BCUT2D eigenvalue weighted by Gasteiger charge is -2.41. The third-order valence-electron chi connectivity index (χ3n) is 12.9. The number of benzene rings is 3. The van der Waals surface area contributed by atoms with Crippen molar-refractivity contribution in [2.75, 3.05) is 18.0 Å². The highest BCUT2D eigenvalue weighted by atomic mass is 19.1. The van der Waals surface area contributed by atoms with Crippen LogP contribution in [0.1, 0.15) is 114 Å². The van der Waals surface area contributed by atoms with Crippen LogP contribution < -0.4 is 27.0 Å². The third kappa shape index (κ3) is 8.26. The van der Waals surface area contributed by atoms with Gasteiger partial charge in [-0.15, -0.1) is 0 Å². The lowest BCUT2D eigenvalue weighted by atomic mass is 9.81. The fraction of sp³-hybridized carbons (Fsp3) is 0.478. The van der Waals surface area contributed by atoms with Crippen LogP contribution in [-0.2, 0) is 30.3 Å². The number of amides is 6. The number of nitrogens with zero attached hydrogens (tertiary/aromatic N) is 3. The second-order valence-corrected chi connectivity index (χ2v) is 18.9. The molecule has 62 heavy (non-hydrogen) atoms. The van der Waals surface area contributed by atoms with Gasteiger partial charge in [-0.05, 0) is 95.9 Å². The average Bonchev–Trinajstić information content (AvgIpc) is 3.97. The van der Waals surface area contributed by atoms with E-state index in [0.29, 0.717) is 42.5 Å². The molecule has 3 saturated heterocycles. The standard InChI is InChI=1S/C46H58FN7O8/c1-43(2,3)35(50-41(59)60)37(55)52-23-9-21-45(52,39(48)57)29-13-7-11-27(25-29)33-19-20-34(54(33)32-17-15-31(47)16-18-32)28-12-8-14-30(26-28)46(40(49)58)22-10-24-53(46)38(56)36(44(4,5)6)51-42(61)62/h7-8,11-18,25-26,33-36,50-51H,9-10,19-24H2,1-6H3,(H2,48,57)(H2,49,58)(H,59,60)(H,61,62)/t33-,34-,35+,36+,45-,46-/m0/s1. The van der Waals surface area contributed by atoms with Crippen molar-refractivity contribution < 1.29 is 43.4 Å². The minimum Gasteiger partial charge on any atom is -0.465 e. The number of carbonyl (C=O) groups excluding carboxylic acids is 4. The molecule has 16 heteroatoms. The zero-order valence-electron chi connectivity index (χ0n) is 36.1. The fourth-order valence-corrected chi connectivity index (χ4v) is 9.93. The fourth-order valence-electron chi connectivity index (χ4n) is 9.93. The third-order valence-corrected chi connectivity index (χ3v) is 12.9. The molecule has 8 N–H and O–H groups in total. The van der Waals surface area contributed by atoms with Crippen LogP contribution in [0.25, 0.3) is 0 Å². The van der Waals surface area contributed by atoms with Gasteiger partial charge in [0.2, 0.25) is 23.6 Å². The van der Waals surface area contributed by atoms with E-state index in [2.05, 4.69) is 15.5 Å². The van der Waals surface area contributed by atoms with Crippen molar-refractivity contribution in [2.24, 2.45) is 22.3 Å². The lowest BCUT2D eigenvalue weighted by molar-refractivity contribution is -0.147. The van der Waals surface area contributed by atoms with Crippen molar-refractivity contribution in [3.05, 3.63) is 101 Å². The van der Waals surface area contributed by atoms with E-state index in [1.54, 1.807) is 77.9 Å². The number of rotatable bonds is 11. The molecule has 3 aliphatic heterocycles. The number of hydrogen-bond donors (Lipinski definition) is 6. The summed E-state index contributed by atoms with van der Waals surface area (Å²) in [4.78, 5) is 84.6. The average molecular weight is 856 g/mol. The molecule has 3 aliphatic rings. The number of hydrogen-bond acceptors (Lipinski definition) is 7. The van der Waals surface area contributed by atoms with Crippen molar-refractivity contribution >= 4 is 41.5 Å². The van der Waals surface area contributed by atoms with Crippen molar-refractivity contribution in [3.63, 3.8) is 0 Å². The highest BCUT2D eigenvalue weighted by Crippen LogP contribution is 2.50. The van der Waals surface area contributed by atoms with Gasteiger partial charge in [0.25, 0.3) is 0 Å². The zero-order chi connectivity index (χ0) is 45.5. The highest BCUT2D eigenvalue weighted by molar-refractivity contribution is 5.96. The van der Waals surface area contributed by atoms with Gasteiger partial charge >= 0.3 is 12.2 Å². The summed E-state index contributed by atoms with van der Waals surface area (Å²) in [7, 11) is 0. The monoisotopic (exact) mass is 855 g/mol.